The summed E-state index contributed by atoms with van der Waals surface area (Å²) in [7, 11) is 0. The van der Waals surface area contributed by atoms with Gasteiger partial charge >= 0.3 is 0 Å². The molecule has 0 saturated heterocycles. The SMILES string of the molecule is O=C(/C(=C\c1ccccc1)C(O)c1cccc2ccccc12)c1cccc2ccccc12. The molecule has 5 rings (SSSR count). The molecule has 0 spiro atoms. The number of benzene rings is 5. The second-order valence-electron chi connectivity index (χ2n) is 7.84. The van der Waals surface area contributed by atoms with Crippen LogP contribution in [-0.2, 0) is 0 Å². The largest absolute Gasteiger partial charge is 0.383 e. The van der Waals surface area contributed by atoms with Crippen LogP contribution in [0.1, 0.15) is 27.6 Å². The molecule has 1 unspecified atom stereocenters. The molecule has 0 aliphatic carbocycles. The third-order valence-corrected chi connectivity index (χ3v) is 5.83. The van der Waals surface area contributed by atoms with Gasteiger partial charge in [-0.1, -0.05) is 115 Å². The molecule has 1 N–H and O–H groups in total. The second kappa shape index (κ2) is 8.62. The minimum atomic E-state index is -1.06. The van der Waals surface area contributed by atoms with Gasteiger partial charge in [0, 0.05) is 11.1 Å². The van der Waals surface area contributed by atoms with Gasteiger partial charge in [-0.3, -0.25) is 4.79 Å². The molecule has 0 fully saturated rings. The Labute approximate surface area is 187 Å². The van der Waals surface area contributed by atoms with E-state index in [2.05, 4.69) is 0 Å². The van der Waals surface area contributed by atoms with Gasteiger partial charge in [-0.2, -0.15) is 0 Å². The molecule has 2 nitrogen and oxygen atoms in total. The van der Waals surface area contributed by atoms with Crippen LogP contribution in [-0.4, -0.2) is 10.9 Å². The van der Waals surface area contributed by atoms with Crippen LogP contribution in [0.5, 0.6) is 0 Å². The number of fused-ring (bicyclic) bond motifs is 2. The van der Waals surface area contributed by atoms with Crippen LogP contribution in [0, 0.1) is 0 Å². The molecule has 0 aromatic heterocycles. The maximum absolute atomic E-state index is 13.9. The lowest BCUT2D eigenvalue weighted by Gasteiger charge is -2.18. The van der Waals surface area contributed by atoms with E-state index in [1.54, 1.807) is 6.08 Å². The minimum Gasteiger partial charge on any atom is -0.383 e. The molecule has 0 amide bonds. The number of ketones is 1. The third kappa shape index (κ3) is 3.73. The fourth-order valence-corrected chi connectivity index (χ4v) is 4.23. The average Bonchev–Trinajstić information content (AvgIpc) is 2.86. The first-order valence-corrected chi connectivity index (χ1v) is 10.7. The first-order chi connectivity index (χ1) is 15.7. The van der Waals surface area contributed by atoms with E-state index in [0.717, 1.165) is 32.7 Å². The van der Waals surface area contributed by atoms with Crippen molar-refractivity contribution in [3.8, 4) is 0 Å². The predicted octanol–water partition coefficient (Wildman–Crippen LogP) is 6.99. The van der Waals surface area contributed by atoms with E-state index in [1.807, 2.05) is 115 Å². The molecule has 154 valence electrons. The summed E-state index contributed by atoms with van der Waals surface area (Å²) in [5.74, 6) is -0.175. The van der Waals surface area contributed by atoms with Crippen molar-refractivity contribution in [2.45, 2.75) is 6.10 Å². The minimum absolute atomic E-state index is 0.175. The van der Waals surface area contributed by atoms with Crippen LogP contribution in [0.4, 0.5) is 0 Å². The van der Waals surface area contributed by atoms with Crippen molar-refractivity contribution in [3.63, 3.8) is 0 Å². The first kappa shape index (κ1) is 19.9. The van der Waals surface area contributed by atoms with Crippen LogP contribution < -0.4 is 0 Å². The molecule has 0 radical (unpaired) electrons. The van der Waals surface area contributed by atoms with Gasteiger partial charge < -0.3 is 5.11 Å². The highest BCUT2D eigenvalue weighted by molar-refractivity contribution is 6.18. The van der Waals surface area contributed by atoms with Crippen molar-refractivity contribution in [1.29, 1.82) is 0 Å². The number of hydrogen-bond acceptors (Lipinski definition) is 2. The van der Waals surface area contributed by atoms with Crippen molar-refractivity contribution >= 4 is 33.4 Å². The van der Waals surface area contributed by atoms with Gasteiger partial charge in [-0.25, -0.2) is 0 Å². The molecule has 5 aromatic carbocycles. The van der Waals surface area contributed by atoms with Crippen LogP contribution >= 0.6 is 0 Å². The molecular formula is C30H22O2. The van der Waals surface area contributed by atoms with Crippen LogP contribution in [0.15, 0.2) is 121 Å². The standard InChI is InChI=1S/C30H22O2/c31-29(26-18-8-14-22-12-4-6-16-24(22)26)28(20-21-10-2-1-3-11-21)30(32)27-19-9-15-23-13-5-7-17-25(23)27/h1-20,29,31H/b28-20-. The Kier molecular flexibility index (Phi) is 5.37. The lowest BCUT2D eigenvalue weighted by molar-refractivity contribution is 0.0991. The van der Waals surface area contributed by atoms with Gasteiger partial charge in [0.1, 0.15) is 6.10 Å². The quantitative estimate of drug-likeness (QED) is 0.248. The van der Waals surface area contributed by atoms with E-state index in [-0.39, 0.29) is 5.78 Å². The summed E-state index contributed by atoms with van der Waals surface area (Å²) in [6.07, 6.45) is 0.740. The Morgan fingerprint density at radius 2 is 1.19 bits per heavy atom. The Bertz CT molecular complexity index is 1440. The van der Waals surface area contributed by atoms with Gasteiger partial charge in [0.25, 0.3) is 0 Å². The van der Waals surface area contributed by atoms with Gasteiger partial charge in [0.15, 0.2) is 5.78 Å². The maximum Gasteiger partial charge on any atom is 0.192 e. The molecule has 2 heteroatoms. The number of Topliss-reactive ketones (excluding diaryl/α,β-unsaturated/α-hetero) is 1. The Hall–Kier alpha value is -4.01. The molecule has 0 saturated carbocycles. The van der Waals surface area contributed by atoms with E-state index in [1.165, 1.54) is 0 Å². The Morgan fingerprint density at radius 3 is 1.94 bits per heavy atom. The zero-order valence-electron chi connectivity index (χ0n) is 17.5. The van der Waals surface area contributed by atoms with Crippen LogP contribution in [0.3, 0.4) is 0 Å². The summed E-state index contributed by atoms with van der Waals surface area (Å²) in [6.45, 7) is 0. The Balaban J connectivity index is 1.69. The zero-order valence-corrected chi connectivity index (χ0v) is 17.5. The fourth-order valence-electron chi connectivity index (χ4n) is 4.23. The van der Waals surface area contributed by atoms with E-state index in [4.69, 9.17) is 0 Å². The smallest absolute Gasteiger partial charge is 0.192 e. The van der Waals surface area contributed by atoms with E-state index < -0.39 is 6.10 Å². The number of aliphatic hydroxyl groups excluding tert-OH is 1. The van der Waals surface area contributed by atoms with E-state index in [9.17, 15) is 9.90 Å². The van der Waals surface area contributed by atoms with Crippen LogP contribution in [0.25, 0.3) is 27.6 Å². The van der Waals surface area contributed by atoms with Crippen molar-refractivity contribution in [3.05, 3.63) is 138 Å². The molecule has 0 aliphatic heterocycles. The van der Waals surface area contributed by atoms with Crippen molar-refractivity contribution in [2.24, 2.45) is 0 Å². The first-order valence-electron chi connectivity index (χ1n) is 10.7. The number of carbonyl (C=O) groups is 1. The van der Waals surface area contributed by atoms with E-state index in [0.29, 0.717) is 11.1 Å². The summed E-state index contributed by atoms with van der Waals surface area (Å²) in [5.41, 5.74) is 2.53. The number of hydrogen-bond donors (Lipinski definition) is 1. The molecule has 32 heavy (non-hydrogen) atoms. The van der Waals surface area contributed by atoms with Crippen molar-refractivity contribution in [2.75, 3.05) is 0 Å². The summed E-state index contributed by atoms with van der Waals surface area (Å²) >= 11 is 0. The number of aliphatic hydroxyl groups is 1. The maximum atomic E-state index is 13.9. The zero-order chi connectivity index (χ0) is 21.9. The van der Waals surface area contributed by atoms with Gasteiger partial charge in [0.05, 0.1) is 0 Å². The second-order valence-corrected chi connectivity index (χ2v) is 7.84. The van der Waals surface area contributed by atoms with E-state index >= 15 is 0 Å². The molecule has 5 aromatic rings. The predicted molar refractivity (Wildman–Crippen MR) is 132 cm³/mol. The average molecular weight is 415 g/mol. The third-order valence-electron chi connectivity index (χ3n) is 5.83. The normalized spacial score (nSPS) is 12.7. The lowest BCUT2D eigenvalue weighted by Crippen LogP contribution is -2.13. The topological polar surface area (TPSA) is 37.3 Å². The summed E-state index contributed by atoms with van der Waals surface area (Å²) in [5, 5.41) is 15.4. The highest BCUT2D eigenvalue weighted by atomic mass is 16.3. The van der Waals surface area contributed by atoms with Gasteiger partial charge in [-0.05, 0) is 38.7 Å². The van der Waals surface area contributed by atoms with Crippen LogP contribution in [0.2, 0.25) is 0 Å². The highest BCUT2D eigenvalue weighted by Crippen LogP contribution is 2.33. The number of carbonyl (C=O) groups excluding carboxylic acids is 1. The fraction of sp³-hybridized carbons (Fsp3) is 0.0333. The van der Waals surface area contributed by atoms with Gasteiger partial charge in [0.2, 0.25) is 0 Å². The monoisotopic (exact) mass is 414 g/mol. The number of rotatable bonds is 5. The molecule has 0 aliphatic rings. The van der Waals surface area contributed by atoms with Crippen molar-refractivity contribution < 1.29 is 9.90 Å². The Morgan fingerprint density at radius 1 is 0.625 bits per heavy atom. The molecule has 1 atom stereocenters. The highest BCUT2D eigenvalue weighted by Gasteiger charge is 2.24. The molecular weight excluding hydrogens is 392 g/mol. The summed E-state index contributed by atoms with van der Waals surface area (Å²) in [6, 6.07) is 37.0. The lowest BCUT2D eigenvalue weighted by atomic mass is 9.88. The summed E-state index contributed by atoms with van der Waals surface area (Å²) < 4.78 is 0. The molecule has 0 bridgehead atoms. The summed E-state index contributed by atoms with van der Waals surface area (Å²) in [4.78, 5) is 13.9. The molecule has 0 heterocycles. The van der Waals surface area contributed by atoms with Crippen molar-refractivity contribution in [1.82, 2.24) is 0 Å². The van der Waals surface area contributed by atoms with Gasteiger partial charge in [-0.15, -0.1) is 0 Å².